The van der Waals surface area contributed by atoms with Crippen LogP contribution in [0.15, 0.2) is 72.8 Å². The van der Waals surface area contributed by atoms with Crippen molar-refractivity contribution in [3.8, 4) is 17.2 Å². The molecule has 31 heavy (non-hydrogen) atoms. The van der Waals surface area contributed by atoms with Crippen molar-refractivity contribution in [2.75, 3.05) is 19.8 Å². The molecule has 0 unspecified atom stereocenters. The first-order valence-corrected chi connectivity index (χ1v) is 12.6. The zero-order chi connectivity index (χ0) is 21.9. The molecule has 3 aromatic rings. The lowest BCUT2D eigenvalue weighted by Crippen LogP contribution is -2.21. The number of benzene rings is 3. The molecule has 3 aromatic carbocycles. The molecule has 0 aromatic heterocycles. The first kappa shape index (κ1) is 23.2. The van der Waals surface area contributed by atoms with Crippen LogP contribution in [0.25, 0.3) is 0 Å². The van der Waals surface area contributed by atoms with Crippen LogP contribution in [0.5, 0.6) is 17.2 Å². The normalized spacial score (nSPS) is 10.8. The Morgan fingerprint density at radius 1 is 0.516 bits per heavy atom. The van der Waals surface area contributed by atoms with E-state index in [1.54, 1.807) is 0 Å². The van der Waals surface area contributed by atoms with Crippen molar-refractivity contribution in [2.24, 2.45) is 0 Å². The van der Waals surface area contributed by atoms with Crippen molar-refractivity contribution in [1.82, 2.24) is 0 Å². The molecule has 0 atom stereocenters. The lowest BCUT2D eigenvalue weighted by Gasteiger charge is -2.21. The summed E-state index contributed by atoms with van der Waals surface area (Å²) < 4.78 is 17.8. The molecule has 0 aliphatic heterocycles. The SMILES string of the molecule is CCCOc1cccc(P(c2cccc(OCCC)c2)c2cccc(OCCC)c2)c1. The molecule has 0 N–H and O–H groups in total. The molecule has 3 nitrogen and oxygen atoms in total. The van der Waals surface area contributed by atoms with Crippen molar-refractivity contribution >= 4 is 23.8 Å². The van der Waals surface area contributed by atoms with E-state index in [1.165, 1.54) is 15.9 Å². The maximum absolute atomic E-state index is 5.93. The Morgan fingerprint density at radius 2 is 0.839 bits per heavy atom. The fraction of sp³-hybridized carbons (Fsp3) is 0.333. The van der Waals surface area contributed by atoms with Crippen molar-refractivity contribution < 1.29 is 14.2 Å². The van der Waals surface area contributed by atoms with Gasteiger partial charge in [-0.3, -0.25) is 0 Å². The second-order valence-electron chi connectivity index (χ2n) is 7.37. The fourth-order valence-corrected chi connectivity index (χ4v) is 5.61. The van der Waals surface area contributed by atoms with E-state index in [0.717, 1.165) is 56.3 Å². The number of rotatable bonds is 12. The second kappa shape index (κ2) is 12.4. The summed E-state index contributed by atoms with van der Waals surface area (Å²) in [6, 6.07) is 25.5. The van der Waals surface area contributed by atoms with Crippen molar-refractivity contribution in [3.05, 3.63) is 72.8 Å². The van der Waals surface area contributed by atoms with Crippen LogP contribution in [0.3, 0.4) is 0 Å². The molecular formula is C27H33O3P. The summed E-state index contributed by atoms with van der Waals surface area (Å²) in [4.78, 5) is 0. The first-order chi connectivity index (χ1) is 15.2. The van der Waals surface area contributed by atoms with Crippen LogP contribution in [0.4, 0.5) is 0 Å². The van der Waals surface area contributed by atoms with Gasteiger partial charge in [0.1, 0.15) is 17.2 Å². The van der Waals surface area contributed by atoms with E-state index >= 15 is 0 Å². The van der Waals surface area contributed by atoms with E-state index in [4.69, 9.17) is 14.2 Å². The molecule has 0 saturated heterocycles. The molecular weight excluding hydrogens is 403 g/mol. The van der Waals surface area contributed by atoms with Gasteiger partial charge in [0.05, 0.1) is 19.8 Å². The third-order valence-electron chi connectivity index (χ3n) is 4.65. The van der Waals surface area contributed by atoms with Crippen LogP contribution in [-0.4, -0.2) is 19.8 Å². The maximum atomic E-state index is 5.93. The average molecular weight is 437 g/mol. The summed E-state index contributed by atoms with van der Waals surface area (Å²) >= 11 is 0. The van der Waals surface area contributed by atoms with E-state index < -0.39 is 7.92 Å². The minimum absolute atomic E-state index is 0.724. The quantitative estimate of drug-likeness (QED) is 0.335. The van der Waals surface area contributed by atoms with Gasteiger partial charge in [-0.2, -0.15) is 0 Å². The van der Waals surface area contributed by atoms with Gasteiger partial charge in [-0.15, -0.1) is 0 Å². The van der Waals surface area contributed by atoms with Gasteiger partial charge in [-0.25, -0.2) is 0 Å². The highest BCUT2D eigenvalue weighted by molar-refractivity contribution is 7.79. The van der Waals surface area contributed by atoms with E-state index in [0.29, 0.717) is 0 Å². The van der Waals surface area contributed by atoms with E-state index in [2.05, 4.69) is 75.4 Å². The Balaban J connectivity index is 2.03. The van der Waals surface area contributed by atoms with Gasteiger partial charge < -0.3 is 14.2 Å². The van der Waals surface area contributed by atoms with E-state index in [-0.39, 0.29) is 0 Å². The standard InChI is InChI=1S/C27H33O3P/c1-4-16-28-22-10-7-13-25(19-22)31(26-14-8-11-23(20-26)29-17-5-2)27-15-9-12-24(21-27)30-18-6-3/h7-15,19-21H,4-6,16-18H2,1-3H3. The van der Waals surface area contributed by atoms with Gasteiger partial charge in [0, 0.05) is 0 Å². The molecule has 0 aliphatic rings. The van der Waals surface area contributed by atoms with Gasteiger partial charge in [0.15, 0.2) is 0 Å². The molecule has 0 aliphatic carbocycles. The molecule has 0 saturated carbocycles. The van der Waals surface area contributed by atoms with Crippen LogP contribution in [0, 0.1) is 0 Å². The average Bonchev–Trinajstić information content (AvgIpc) is 2.81. The van der Waals surface area contributed by atoms with Crippen LogP contribution < -0.4 is 30.1 Å². The molecule has 0 radical (unpaired) electrons. The Labute approximate surface area is 188 Å². The molecule has 0 spiro atoms. The van der Waals surface area contributed by atoms with Gasteiger partial charge in [-0.1, -0.05) is 57.2 Å². The Morgan fingerprint density at radius 3 is 1.13 bits per heavy atom. The van der Waals surface area contributed by atoms with Gasteiger partial charge in [0.25, 0.3) is 0 Å². The summed E-state index contributed by atoms with van der Waals surface area (Å²) in [6.45, 7) is 8.55. The summed E-state index contributed by atoms with van der Waals surface area (Å²) in [6.07, 6.45) is 2.98. The van der Waals surface area contributed by atoms with Gasteiger partial charge >= 0.3 is 0 Å². The predicted octanol–water partition coefficient (Wildman–Crippen LogP) is 5.81. The van der Waals surface area contributed by atoms with Gasteiger partial charge in [0.2, 0.25) is 0 Å². The lowest BCUT2D eigenvalue weighted by molar-refractivity contribution is 0.317. The summed E-state index contributed by atoms with van der Waals surface area (Å²) in [5, 5.41) is 3.76. The lowest BCUT2D eigenvalue weighted by atomic mass is 10.3. The number of ether oxygens (including phenoxy) is 3. The fourth-order valence-electron chi connectivity index (χ4n) is 3.24. The number of hydrogen-bond acceptors (Lipinski definition) is 3. The molecule has 0 fully saturated rings. The van der Waals surface area contributed by atoms with Gasteiger partial charge in [-0.05, 0) is 79.5 Å². The smallest absolute Gasteiger partial charge is 0.119 e. The molecule has 0 heterocycles. The summed E-state index contributed by atoms with van der Waals surface area (Å²) in [7, 11) is -0.780. The Bertz CT molecular complexity index is 819. The maximum Gasteiger partial charge on any atom is 0.119 e. The third kappa shape index (κ3) is 6.74. The van der Waals surface area contributed by atoms with Crippen LogP contribution >= 0.6 is 7.92 Å². The Kier molecular flexibility index (Phi) is 9.24. The van der Waals surface area contributed by atoms with Crippen molar-refractivity contribution in [2.45, 2.75) is 40.0 Å². The molecule has 4 heteroatoms. The van der Waals surface area contributed by atoms with Crippen LogP contribution in [0.2, 0.25) is 0 Å². The van der Waals surface area contributed by atoms with Crippen LogP contribution in [-0.2, 0) is 0 Å². The van der Waals surface area contributed by atoms with Crippen LogP contribution in [0.1, 0.15) is 40.0 Å². The second-order valence-corrected chi connectivity index (χ2v) is 9.59. The third-order valence-corrected chi connectivity index (χ3v) is 7.03. The van der Waals surface area contributed by atoms with E-state index in [1.807, 2.05) is 18.2 Å². The molecule has 0 bridgehead atoms. The molecule has 3 rings (SSSR count). The predicted molar refractivity (Wildman–Crippen MR) is 133 cm³/mol. The summed E-state index contributed by atoms with van der Waals surface area (Å²) in [5.41, 5.74) is 0. The number of hydrogen-bond donors (Lipinski definition) is 0. The van der Waals surface area contributed by atoms with Crippen molar-refractivity contribution in [1.29, 1.82) is 0 Å². The summed E-state index contributed by atoms with van der Waals surface area (Å²) in [5.74, 6) is 2.76. The highest BCUT2D eigenvalue weighted by atomic mass is 31.1. The minimum atomic E-state index is -0.780. The highest BCUT2D eigenvalue weighted by Crippen LogP contribution is 2.36. The highest BCUT2D eigenvalue weighted by Gasteiger charge is 2.19. The zero-order valence-corrected chi connectivity index (χ0v) is 19.7. The molecule has 0 amide bonds. The molecule has 164 valence electrons. The largest absolute Gasteiger partial charge is 0.494 e. The van der Waals surface area contributed by atoms with Crippen molar-refractivity contribution in [3.63, 3.8) is 0 Å². The Hall–Kier alpha value is -2.51. The monoisotopic (exact) mass is 436 g/mol. The zero-order valence-electron chi connectivity index (χ0n) is 18.8. The van der Waals surface area contributed by atoms with E-state index in [9.17, 15) is 0 Å². The minimum Gasteiger partial charge on any atom is -0.494 e. The first-order valence-electron chi connectivity index (χ1n) is 11.2. The topological polar surface area (TPSA) is 27.7 Å².